The van der Waals surface area contributed by atoms with Gasteiger partial charge in [0.05, 0.1) is 0 Å². The van der Waals surface area contributed by atoms with Gasteiger partial charge in [0.15, 0.2) is 0 Å². The summed E-state index contributed by atoms with van der Waals surface area (Å²) in [6.45, 7) is 0. The van der Waals surface area contributed by atoms with Crippen LogP contribution in [0, 0.1) is 5.41 Å². The Morgan fingerprint density at radius 2 is 1.29 bits per heavy atom. The van der Waals surface area contributed by atoms with Gasteiger partial charge in [0.25, 0.3) is 0 Å². The fourth-order valence-corrected chi connectivity index (χ4v) is 0. The van der Waals surface area contributed by atoms with Crippen molar-refractivity contribution in [1.29, 1.82) is 5.41 Å². The molecule has 0 spiro atoms. The summed E-state index contributed by atoms with van der Waals surface area (Å²) in [5, 5.41) is 9.39. The number of isothiocyanates is 1. The van der Waals surface area contributed by atoms with Crippen molar-refractivity contribution in [2.45, 2.75) is 0 Å². The van der Waals surface area contributed by atoms with Gasteiger partial charge in [0.2, 0.25) is 0 Å². The Labute approximate surface area is 45.1 Å². The molecule has 0 aromatic carbocycles. The normalized spacial score (nSPS) is 16.9. The second kappa shape index (κ2) is 1.21. The largest absolute Gasteiger partial charge is 0.254 e. The number of rotatable bonds is 0. The van der Waals surface area contributed by atoms with E-state index in [0.717, 1.165) is 0 Å². The topological polar surface area (TPSA) is 23.9 Å². The lowest BCUT2D eigenvalue weighted by Crippen LogP contribution is -1.96. The monoisotopic (exact) mass is 119 g/mol. The number of hydrogen-bond donors (Lipinski definition) is 1. The lowest BCUT2D eigenvalue weighted by molar-refractivity contribution is 1.60. The van der Waals surface area contributed by atoms with Crippen LogP contribution >= 0.6 is 8.75 Å². The van der Waals surface area contributed by atoms with E-state index in [0.29, 0.717) is 0 Å². The summed E-state index contributed by atoms with van der Waals surface area (Å²) in [6, 6.07) is 0. The molecule has 0 unspecified atom stereocenters. The first-order valence-electron chi connectivity index (χ1n) is 2.09. The number of hydrogen-bond acceptors (Lipinski definition) is 1. The average molecular weight is 119 g/mol. The van der Waals surface area contributed by atoms with Crippen molar-refractivity contribution in [3.05, 3.63) is 0 Å². The predicted octanol–water partition coefficient (Wildman–Crippen LogP) is 1.33. The molecule has 1 N–H and O–H groups in total. The van der Waals surface area contributed by atoms with Crippen LogP contribution in [0.1, 0.15) is 0 Å². The Balaban J connectivity index is 4.86. The maximum Gasteiger partial charge on any atom is -0.00938 e. The Morgan fingerprint density at radius 3 is 1.29 bits per heavy atom. The number of nitrogens with one attached hydrogen (secondary N) is 1. The summed E-state index contributed by atoms with van der Waals surface area (Å²) in [5.41, 5.74) is 0. The van der Waals surface area contributed by atoms with Crippen LogP contribution in [0.15, 0.2) is 0 Å². The third-order valence-electron chi connectivity index (χ3n) is 0.408. The van der Waals surface area contributed by atoms with Gasteiger partial charge in [-0.2, -0.15) is 0 Å². The molecule has 1 nitrogen and oxygen atoms in total. The van der Waals surface area contributed by atoms with Gasteiger partial charge in [-0.1, -0.05) is 0 Å². The molecule has 0 atom stereocenters. The predicted molar refractivity (Wildman–Crippen MR) is 39.0 cm³/mol. The van der Waals surface area contributed by atoms with Crippen LogP contribution in [-0.2, 0) is 0 Å². The molecule has 0 saturated carbocycles. The molecule has 44 valence electrons. The van der Waals surface area contributed by atoms with Crippen LogP contribution < -0.4 is 0 Å². The molecule has 0 saturated heterocycles. The minimum absolute atomic E-state index is 1.45. The van der Waals surface area contributed by atoms with E-state index in [1.807, 2.05) is 0 Å². The van der Waals surface area contributed by atoms with Crippen molar-refractivity contribution in [3.8, 4) is 0 Å². The Kier molecular flexibility index (Phi) is 1.19. The zero-order valence-electron chi connectivity index (χ0n) is 5.41. The molecule has 0 aromatic rings. The van der Waals surface area contributed by atoms with Crippen molar-refractivity contribution in [3.63, 3.8) is 0 Å². The average Bonchev–Trinajstić information content (AvgIpc) is 1.32. The van der Waals surface area contributed by atoms with Gasteiger partial charge in [0, 0.05) is 0 Å². The third kappa shape index (κ3) is 5.93. The van der Waals surface area contributed by atoms with Gasteiger partial charge in [0.1, 0.15) is 0 Å². The van der Waals surface area contributed by atoms with E-state index in [-0.39, 0.29) is 0 Å². The first-order valence-corrected chi connectivity index (χ1v) is 5.76. The summed E-state index contributed by atoms with van der Waals surface area (Å²) < 4.78 is 0. The third-order valence-corrected chi connectivity index (χ3v) is 1.22. The quantitative estimate of drug-likeness (QED) is 0.367. The van der Waals surface area contributed by atoms with Gasteiger partial charge in [-0.3, -0.25) is 5.41 Å². The minimum atomic E-state index is -1.45. The van der Waals surface area contributed by atoms with E-state index in [9.17, 15) is 0 Å². The molecule has 0 aliphatic heterocycles. The highest BCUT2D eigenvalue weighted by atomic mass is 32.3. The van der Waals surface area contributed by atoms with Gasteiger partial charge in [-0.25, -0.2) is 8.75 Å². The standard InChI is InChI=1S/C5H13NS/c1-7(2,3,4)5-6/h6H,1-4H3. The lowest BCUT2D eigenvalue weighted by atomic mass is 11.7. The van der Waals surface area contributed by atoms with Gasteiger partial charge in [-0.15, -0.1) is 0 Å². The molecule has 2 heteroatoms. The van der Waals surface area contributed by atoms with Crippen molar-refractivity contribution < 1.29 is 0 Å². The van der Waals surface area contributed by atoms with E-state index >= 15 is 0 Å². The lowest BCUT2D eigenvalue weighted by Gasteiger charge is -2.25. The van der Waals surface area contributed by atoms with Crippen LogP contribution in [0.25, 0.3) is 0 Å². The molecule has 0 fully saturated rings. The molecule has 0 aliphatic carbocycles. The fraction of sp³-hybridized carbons (Fsp3) is 0.800. The van der Waals surface area contributed by atoms with E-state index in [1.165, 1.54) is 0 Å². The molecule has 0 aromatic heterocycles. The molecule has 0 aliphatic rings. The summed E-state index contributed by atoms with van der Waals surface area (Å²) in [6.07, 6.45) is 8.29. The van der Waals surface area contributed by atoms with Crippen molar-refractivity contribution >= 4 is 13.9 Å². The highest BCUT2D eigenvalue weighted by molar-refractivity contribution is 8.44. The van der Waals surface area contributed by atoms with E-state index < -0.39 is 8.75 Å². The highest BCUT2D eigenvalue weighted by Crippen LogP contribution is 2.39. The molecular formula is C5H13NS. The molecular weight excluding hydrogens is 106 g/mol. The van der Waals surface area contributed by atoms with Gasteiger partial charge < -0.3 is 0 Å². The fourth-order valence-electron chi connectivity index (χ4n) is 0. The van der Waals surface area contributed by atoms with E-state index in [4.69, 9.17) is 5.41 Å². The van der Waals surface area contributed by atoms with Gasteiger partial charge in [-0.05, 0) is 30.2 Å². The first kappa shape index (κ1) is 6.93. The van der Waals surface area contributed by atoms with Crippen LogP contribution in [0.3, 0.4) is 0 Å². The van der Waals surface area contributed by atoms with Crippen molar-refractivity contribution in [1.82, 2.24) is 0 Å². The SMILES string of the molecule is CS(C)(C)(C)=C=N. The van der Waals surface area contributed by atoms with Crippen molar-refractivity contribution in [2.24, 2.45) is 0 Å². The highest BCUT2D eigenvalue weighted by Gasteiger charge is 2.02. The summed E-state index contributed by atoms with van der Waals surface area (Å²) >= 11 is 0. The molecule has 7 heavy (non-hydrogen) atoms. The van der Waals surface area contributed by atoms with E-state index in [1.54, 1.807) is 0 Å². The second-order valence-electron chi connectivity index (χ2n) is 3.37. The van der Waals surface area contributed by atoms with Crippen molar-refractivity contribution in [2.75, 3.05) is 25.0 Å². The summed E-state index contributed by atoms with van der Waals surface area (Å²) in [4.78, 5) is 0. The molecule has 0 rings (SSSR count). The molecule has 0 bridgehead atoms. The zero-order valence-corrected chi connectivity index (χ0v) is 6.22. The van der Waals surface area contributed by atoms with Crippen LogP contribution in [0.5, 0.6) is 0 Å². The smallest absolute Gasteiger partial charge is 0.00938 e. The molecule has 0 heterocycles. The Hall–Kier alpha value is -0.0700. The minimum Gasteiger partial charge on any atom is -0.254 e. The summed E-state index contributed by atoms with van der Waals surface area (Å²) in [5.74, 6) is 0. The summed E-state index contributed by atoms with van der Waals surface area (Å²) in [7, 11) is -1.45. The molecule has 0 amide bonds. The Morgan fingerprint density at radius 1 is 1.14 bits per heavy atom. The zero-order chi connectivity index (χ0) is 6.15. The van der Waals surface area contributed by atoms with Crippen LogP contribution in [0.2, 0.25) is 0 Å². The second-order valence-corrected chi connectivity index (χ2v) is 10.1. The first-order chi connectivity index (χ1) is 2.81. The maximum atomic E-state index is 6.85. The maximum absolute atomic E-state index is 6.85. The van der Waals surface area contributed by atoms with E-state index in [2.05, 4.69) is 30.2 Å². The Bertz CT molecular complexity index is 133. The molecule has 0 radical (unpaired) electrons. The van der Waals surface area contributed by atoms with Crippen LogP contribution in [-0.4, -0.2) is 30.2 Å². The van der Waals surface area contributed by atoms with Gasteiger partial charge >= 0.3 is 0 Å². The van der Waals surface area contributed by atoms with Crippen LogP contribution in [0.4, 0.5) is 0 Å².